The van der Waals surface area contributed by atoms with Crippen molar-refractivity contribution in [1.29, 1.82) is 0 Å². The van der Waals surface area contributed by atoms with Gasteiger partial charge in [-0.15, -0.1) is 5.10 Å². The quantitative estimate of drug-likeness (QED) is 0.284. The van der Waals surface area contributed by atoms with Crippen LogP contribution < -0.4 is 11.5 Å². The van der Waals surface area contributed by atoms with Crippen LogP contribution in [0.1, 0.15) is 0 Å². The number of guanidine groups is 1. The molecule has 0 atom stereocenters. The Balaban J connectivity index is 3.90. The van der Waals surface area contributed by atoms with Crippen molar-refractivity contribution >= 4 is 47.0 Å². The van der Waals surface area contributed by atoms with Crippen LogP contribution in [0.15, 0.2) is 10.2 Å². The number of hydrogen-bond acceptors (Lipinski definition) is 2. The molecule has 0 fully saturated rings. The van der Waals surface area contributed by atoms with Crippen LogP contribution in [0.2, 0.25) is 0 Å². The smallest absolute Gasteiger partial charge is 0.227 e. The van der Waals surface area contributed by atoms with Crippen molar-refractivity contribution in [3.63, 3.8) is 0 Å². The van der Waals surface area contributed by atoms with Gasteiger partial charge in [0.15, 0.2) is 0 Å². The maximum Gasteiger partial charge on any atom is 0.227 e. The first-order valence-electron chi connectivity index (χ1n) is 2.11. The van der Waals surface area contributed by atoms with Crippen molar-refractivity contribution in [3.8, 4) is 0 Å². The number of nitrogens with zero attached hydrogens (tertiary/aromatic N) is 2. The molecule has 0 spiro atoms. The molecule has 10 heavy (non-hydrogen) atoms. The first-order valence-corrected chi connectivity index (χ1v) is 3.25. The molecule has 0 amide bonds. The van der Waals surface area contributed by atoms with Crippen LogP contribution in [0.4, 0.5) is 0 Å². The summed E-state index contributed by atoms with van der Waals surface area (Å²) in [6, 6.07) is 0. The van der Waals surface area contributed by atoms with Crippen LogP contribution >= 0.6 is 34.8 Å². The summed E-state index contributed by atoms with van der Waals surface area (Å²) in [5.41, 5.74) is 9.81. The van der Waals surface area contributed by atoms with Gasteiger partial charge in [-0.1, -0.05) is 34.8 Å². The van der Waals surface area contributed by atoms with Crippen LogP contribution in [0, 0.1) is 0 Å². The molecule has 0 aromatic heterocycles. The lowest BCUT2D eigenvalue weighted by molar-refractivity contribution is 1.20. The topological polar surface area (TPSA) is 76.8 Å². The van der Waals surface area contributed by atoms with E-state index >= 15 is 0 Å². The standard InChI is InChI=1S/C3H5Cl3N4/c4-3(5,6)1-9-10-2(7)8/h1H,(H4,7,8,10)/b9-1-. The lowest BCUT2D eigenvalue weighted by Gasteiger charge is -1.98. The largest absolute Gasteiger partial charge is 0.369 e. The van der Waals surface area contributed by atoms with Crippen molar-refractivity contribution in [1.82, 2.24) is 0 Å². The highest BCUT2D eigenvalue weighted by atomic mass is 35.6. The Labute approximate surface area is 72.8 Å². The Kier molecular flexibility index (Phi) is 3.78. The fraction of sp³-hybridized carbons (Fsp3) is 0.333. The third-order valence-corrected chi connectivity index (χ3v) is 0.670. The van der Waals surface area contributed by atoms with E-state index < -0.39 is 3.79 Å². The summed E-state index contributed by atoms with van der Waals surface area (Å²) in [4.78, 5) is 0. The first kappa shape index (κ1) is 9.81. The van der Waals surface area contributed by atoms with Crippen molar-refractivity contribution in [2.75, 3.05) is 0 Å². The van der Waals surface area contributed by atoms with Gasteiger partial charge in [-0.2, -0.15) is 5.10 Å². The molecule has 0 aliphatic rings. The Bertz CT molecular complexity index is 154. The van der Waals surface area contributed by atoms with E-state index in [0.29, 0.717) is 0 Å². The summed E-state index contributed by atoms with van der Waals surface area (Å²) in [5.74, 6) is -0.189. The SMILES string of the molecule is NC(N)=N/N=C\C(Cl)(Cl)Cl. The van der Waals surface area contributed by atoms with Gasteiger partial charge in [0.1, 0.15) is 0 Å². The van der Waals surface area contributed by atoms with Gasteiger partial charge in [0.2, 0.25) is 9.75 Å². The second kappa shape index (κ2) is 3.85. The molecule has 0 radical (unpaired) electrons. The molecule has 0 aromatic carbocycles. The third kappa shape index (κ3) is 7.81. The molecule has 4 nitrogen and oxygen atoms in total. The molecule has 0 aliphatic heterocycles. The Hall–Kier alpha value is -0.190. The highest BCUT2D eigenvalue weighted by Crippen LogP contribution is 2.22. The zero-order valence-corrected chi connectivity index (χ0v) is 7.03. The molecule has 0 aliphatic carbocycles. The maximum absolute atomic E-state index is 5.25. The van der Waals surface area contributed by atoms with Crippen LogP contribution in [0.3, 0.4) is 0 Å². The van der Waals surface area contributed by atoms with Gasteiger partial charge in [0, 0.05) is 0 Å². The minimum absolute atomic E-state index is 0.189. The van der Waals surface area contributed by atoms with Gasteiger partial charge in [-0.25, -0.2) is 0 Å². The molecule has 7 heteroatoms. The van der Waals surface area contributed by atoms with Gasteiger partial charge in [-0.3, -0.25) is 0 Å². The average molecular weight is 203 g/mol. The zero-order chi connectivity index (χ0) is 8.20. The number of alkyl halides is 3. The second-order valence-electron chi connectivity index (χ2n) is 1.31. The summed E-state index contributed by atoms with van der Waals surface area (Å²) >= 11 is 15.7. The van der Waals surface area contributed by atoms with E-state index in [1.807, 2.05) is 0 Å². The third-order valence-electron chi connectivity index (χ3n) is 0.377. The van der Waals surface area contributed by atoms with Gasteiger partial charge in [0.05, 0.1) is 6.21 Å². The van der Waals surface area contributed by atoms with Gasteiger partial charge >= 0.3 is 0 Å². The lowest BCUT2D eigenvalue weighted by atomic mass is 10.9. The summed E-state index contributed by atoms with van der Waals surface area (Å²) in [6.07, 6.45) is 0.984. The first-order chi connectivity index (χ1) is 4.42. The minimum atomic E-state index is -1.56. The van der Waals surface area contributed by atoms with Crippen LogP contribution in [-0.4, -0.2) is 16.0 Å². The number of nitrogens with two attached hydrogens (primary N) is 2. The zero-order valence-electron chi connectivity index (χ0n) is 4.76. The summed E-state index contributed by atoms with van der Waals surface area (Å²) in [7, 11) is 0. The maximum atomic E-state index is 5.25. The van der Waals surface area contributed by atoms with E-state index in [1.54, 1.807) is 0 Å². The molecule has 58 valence electrons. The van der Waals surface area contributed by atoms with E-state index in [-0.39, 0.29) is 5.96 Å². The van der Waals surface area contributed by atoms with Crippen molar-refractivity contribution in [3.05, 3.63) is 0 Å². The van der Waals surface area contributed by atoms with E-state index in [2.05, 4.69) is 10.2 Å². The molecule has 0 bridgehead atoms. The van der Waals surface area contributed by atoms with Crippen LogP contribution in [-0.2, 0) is 0 Å². The monoisotopic (exact) mass is 202 g/mol. The van der Waals surface area contributed by atoms with E-state index in [4.69, 9.17) is 46.3 Å². The molecule has 0 rings (SSSR count). The van der Waals surface area contributed by atoms with Crippen molar-refractivity contribution in [2.24, 2.45) is 21.7 Å². The van der Waals surface area contributed by atoms with E-state index in [9.17, 15) is 0 Å². The Morgan fingerprint density at radius 2 is 1.80 bits per heavy atom. The van der Waals surface area contributed by atoms with E-state index in [1.165, 1.54) is 0 Å². The van der Waals surface area contributed by atoms with Crippen LogP contribution in [0.5, 0.6) is 0 Å². The molecule has 0 heterocycles. The minimum Gasteiger partial charge on any atom is -0.369 e. The predicted octanol–water partition coefficient (Wildman–Crippen LogP) is 0.616. The normalized spacial score (nSPS) is 11.9. The second-order valence-corrected chi connectivity index (χ2v) is 3.68. The molecular weight excluding hydrogens is 198 g/mol. The van der Waals surface area contributed by atoms with Gasteiger partial charge < -0.3 is 11.5 Å². The fourth-order valence-corrected chi connectivity index (χ4v) is 0.292. The Morgan fingerprint density at radius 3 is 2.10 bits per heavy atom. The number of rotatable bonds is 1. The van der Waals surface area contributed by atoms with Crippen molar-refractivity contribution < 1.29 is 0 Å². The average Bonchev–Trinajstić information content (AvgIpc) is 1.59. The molecule has 0 saturated carbocycles. The molecular formula is C3H5Cl3N4. The fourth-order valence-electron chi connectivity index (χ4n) is 0.161. The molecule has 0 unspecified atom stereocenters. The highest BCUT2D eigenvalue weighted by molar-refractivity contribution is 6.74. The molecule has 0 saturated heterocycles. The van der Waals surface area contributed by atoms with Gasteiger partial charge in [0.25, 0.3) is 0 Å². The Morgan fingerprint density at radius 1 is 1.30 bits per heavy atom. The lowest BCUT2D eigenvalue weighted by Crippen LogP contribution is -2.22. The summed E-state index contributed by atoms with van der Waals surface area (Å²) in [5, 5.41) is 6.46. The summed E-state index contributed by atoms with van der Waals surface area (Å²) < 4.78 is -1.56. The predicted molar refractivity (Wildman–Crippen MR) is 44.6 cm³/mol. The van der Waals surface area contributed by atoms with Gasteiger partial charge in [-0.05, 0) is 0 Å². The van der Waals surface area contributed by atoms with E-state index in [0.717, 1.165) is 6.21 Å². The summed E-state index contributed by atoms with van der Waals surface area (Å²) in [6.45, 7) is 0. The van der Waals surface area contributed by atoms with Crippen molar-refractivity contribution in [2.45, 2.75) is 3.79 Å². The molecule has 0 aromatic rings. The number of hydrogen-bond donors (Lipinski definition) is 2. The molecule has 4 N–H and O–H groups in total. The number of halogens is 3. The van der Waals surface area contributed by atoms with Crippen LogP contribution in [0.25, 0.3) is 0 Å². The highest BCUT2D eigenvalue weighted by Gasteiger charge is 2.14.